The van der Waals surface area contributed by atoms with E-state index in [1.807, 2.05) is 106 Å². The summed E-state index contributed by atoms with van der Waals surface area (Å²) < 4.78 is 36.6. The number of nitrogens with zero attached hydrogens (tertiary/aromatic N) is 4. The fraction of sp³-hybridized carbons (Fsp3) is 0.321. The first-order chi connectivity index (χ1) is 35.2. The number of aliphatic hydroxyl groups excluding tert-OH is 1. The molecule has 3 heterocycles. The molecule has 18 heteroatoms. The van der Waals surface area contributed by atoms with Crippen LogP contribution in [0.2, 0.25) is 5.02 Å². The predicted molar refractivity (Wildman–Crippen MR) is 286 cm³/mol. The van der Waals surface area contributed by atoms with Crippen molar-refractivity contribution in [3.05, 3.63) is 149 Å². The highest BCUT2D eigenvalue weighted by Gasteiger charge is 2.44. The Morgan fingerprint density at radius 1 is 0.851 bits per heavy atom. The molecule has 0 radical (unpaired) electrons. The third-order valence-electron chi connectivity index (χ3n) is 12.1. The minimum Gasteiger partial charge on any atom is -0.491 e. The van der Waals surface area contributed by atoms with Gasteiger partial charge in [-0.1, -0.05) is 94.4 Å². The molecule has 388 valence electrons. The number of anilines is 2. The van der Waals surface area contributed by atoms with Gasteiger partial charge in [-0.2, -0.15) is 0 Å². The van der Waals surface area contributed by atoms with E-state index in [9.17, 15) is 23.9 Å². The number of carbonyl (C=O) groups excluding carboxylic acids is 3. The lowest BCUT2D eigenvalue weighted by Gasteiger charge is -2.35. The molecule has 7 aromatic rings. The molecule has 2 aromatic heterocycles. The number of carbonyl (C=O) groups is 3. The number of nitrogens with one attached hydrogen (secondary N) is 3. The molecule has 0 saturated carbocycles. The van der Waals surface area contributed by atoms with E-state index in [-0.39, 0.29) is 78.3 Å². The standard InChI is InChI=1S/C55H57ClFN7O8S.CH4/c1-34-50(73-33-61-34)38-10-8-35(9-11-38)28-58-53(67)47-27-42(65)29-64(47)54(68)51(55(2,3)4)63-49(66)31-70-21-20-69-22-23-71-43-16-12-37(13-17-43)39-14-18-46-44(25-39)52(60-32-59-46)62-41-15-19-48(45(56)26-41)72-30-36-6-5-7-40(57)24-36;/h5-19,24-26,32-33,42,47,51,65H,20-23,27-31H2,1-4H3,(H,58,67)(H,63,66)(H,59,60,62);1H4. The predicted octanol–water partition coefficient (Wildman–Crippen LogP) is 9.70. The lowest BCUT2D eigenvalue weighted by Crippen LogP contribution is -2.58. The van der Waals surface area contributed by atoms with Gasteiger partial charge in [0.2, 0.25) is 17.7 Å². The van der Waals surface area contributed by atoms with Crippen LogP contribution in [-0.4, -0.2) is 100 Å². The normalized spacial score (nSPS) is 14.8. The molecule has 74 heavy (non-hydrogen) atoms. The Morgan fingerprint density at radius 3 is 2.32 bits per heavy atom. The van der Waals surface area contributed by atoms with E-state index in [0.717, 1.165) is 43.7 Å². The maximum Gasteiger partial charge on any atom is 0.246 e. The van der Waals surface area contributed by atoms with Crippen LogP contribution in [0.5, 0.6) is 11.5 Å². The van der Waals surface area contributed by atoms with Gasteiger partial charge in [-0.3, -0.25) is 14.4 Å². The van der Waals surface area contributed by atoms with Crippen LogP contribution < -0.4 is 25.4 Å². The minimum atomic E-state index is -0.980. The zero-order valence-corrected chi connectivity index (χ0v) is 42.5. The summed E-state index contributed by atoms with van der Waals surface area (Å²) >= 11 is 8.13. The fourth-order valence-corrected chi connectivity index (χ4v) is 9.33. The zero-order valence-electron chi connectivity index (χ0n) is 40.9. The summed E-state index contributed by atoms with van der Waals surface area (Å²) in [4.78, 5) is 56.2. The van der Waals surface area contributed by atoms with Crippen molar-refractivity contribution in [1.29, 1.82) is 0 Å². The van der Waals surface area contributed by atoms with Gasteiger partial charge in [0, 0.05) is 30.6 Å². The monoisotopic (exact) mass is 1050 g/mol. The summed E-state index contributed by atoms with van der Waals surface area (Å²) in [5, 5.41) is 20.8. The highest BCUT2D eigenvalue weighted by atomic mass is 35.5. The SMILES string of the molecule is C.Cc1ncsc1-c1ccc(CNC(=O)C2CC(O)CN2C(=O)C(NC(=O)COCCOCCOc2ccc(-c3ccc4ncnc(Nc5ccc(OCc6cccc(F)c6)c(Cl)c5)c4c3)cc2)C(C)(C)C)cc1. The Balaban J connectivity index is 0.00000800. The Labute approximate surface area is 439 Å². The summed E-state index contributed by atoms with van der Waals surface area (Å²) in [6.45, 7) is 8.44. The van der Waals surface area contributed by atoms with Gasteiger partial charge in [-0.25, -0.2) is 19.3 Å². The van der Waals surface area contributed by atoms with Gasteiger partial charge >= 0.3 is 0 Å². The average molecular weight is 1050 g/mol. The second kappa shape index (κ2) is 25.3. The van der Waals surface area contributed by atoms with Crippen LogP contribution in [0.1, 0.15) is 51.4 Å². The van der Waals surface area contributed by atoms with Gasteiger partial charge in [-0.15, -0.1) is 11.3 Å². The number of rotatable bonds is 21. The summed E-state index contributed by atoms with van der Waals surface area (Å²) in [6.07, 6.45) is 0.702. The number of fused-ring (bicyclic) bond motifs is 1. The third-order valence-corrected chi connectivity index (χ3v) is 13.4. The molecule has 8 rings (SSSR count). The number of ether oxygens (including phenoxy) is 4. The van der Waals surface area contributed by atoms with Gasteiger partial charge in [0.15, 0.2) is 0 Å². The number of hydrogen-bond donors (Lipinski definition) is 4. The maximum absolute atomic E-state index is 14.0. The van der Waals surface area contributed by atoms with E-state index in [0.29, 0.717) is 33.6 Å². The number of thiazole rings is 1. The summed E-state index contributed by atoms with van der Waals surface area (Å²) in [7, 11) is 0. The highest BCUT2D eigenvalue weighted by Crippen LogP contribution is 2.34. The molecule has 1 aliphatic rings. The number of aryl methyl sites for hydroxylation is 1. The first-order valence-corrected chi connectivity index (χ1v) is 25.1. The quantitative estimate of drug-likeness (QED) is 0.0500. The van der Waals surface area contributed by atoms with Gasteiger partial charge in [0.05, 0.1) is 52.5 Å². The van der Waals surface area contributed by atoms with Crippen LogP contribution in [-0.2, 0) is 37.0 Å². The molecular formula is C56H61ClFN7O8S. The molecule has 1 saturated heterocycles. The first-order valence-electron chi connectivity index (χ1n) is 23.8. The second-order valence-electron chi connectivity index (χ2n) is 18.6. The van der Waals surface area contributed by atoms with E-state index in [4.69, 9.17) is 30.5 Å². The smallest absolute Gasteiger partial charge is 0.246 e. The number of benzene rings is 5. The third kappa shape index (κ3) is 14.4. The van der Waals surface area contributed by atoms with Crippen molar-refractivity contribution in [2.24, 2.45) is 5.41 Å². The Hall–Kier alpha value is -7.02. The first kappa shape index (κ1) is 54.7. The number of halogens is 2. The van der Waals surface area contributed by atoms with Gasteiger partial charge in [0.25, 0.3) is 0 Å². The van der Waals surface area contributed by atoms with Crippen LogP contribution in [0.4, 0.5) is 15.9 Å². The van der Waals surface area contributed by atoms with Crippen molar-refractivity contribution in [1.82, 2.24) is 30.5 Å². The van der Waals surface area contributed by atoms with E-state index in [1.165, 1.54) is 23.4 Å². The topological polar surface area (TPSA) is 186 Å². The van der Waals surface area contributed by atoms with E-state index >= 15 is 0 Å². The van der Waals surface area contributed by atoms with Crippen molar-refractivity contribution < 1.29 is 42.8 Å². The number of hydrogen-bond acceptors (Lipinski definition) is 13. The van der Waals surface area contributed by atoms with Crippen LogP contribution in [0.15, 0.2) is 121 Å². The van der Waals surface area contributed by atoms with E-state index in [1.54, 1.807) is 35.6 Å². The highest BCUT2D eigenvalue weighted by molar-refractivity contribution is 7.13. The molecular weight excluding hydrogens is 985 g/mol. The Morgan fingerprint density at radius 2 is 1.59 bits per heavy atom. The van der Waals surface area contributed by atoms with Crippen LogP contribution >= 0.6 is 22.9 Å². The zero-order chi connectivity index (χ0) is 51.5. The number of aromatic nitrogens is 3. The van der Waals surface area contributed by atoms with E-state index < -0.39 is 35.4 Å². The van der Waals surface area contributed by atoms with Crippen LogP contribution in [0, 0.1) is 18.2 Å². The lowest BCUT2D eigenvalue weighted by atomic mass is 9.85. The number of likely N-dealkylation sites (tertiary alicyclic amines) is 1. The summed E-state index contributed by atoms with van der Waals surface area (Å²) in [5.41, 5.74) is 8.04. The molecule has 3 amide bonds. The number of amides is 3. The molecule has 1 fully saturated rings. The lowest BCUT2D eigenvalue weighted by molar-refractivity contribution is -0.144. The van der Waals surface area contributed by atoms with Crippen molar-refractivity contribution in [3.8, 4) is 33.1 Å². The summed E-state index contributed by atoms with van der Waals surface area (Å²) in [5.74, 6) is 0.0713. The van der Waals surface area contributed by atoms with E-state index in [2.05, 4.69) is 30.9 Å². The van der Waals surface area contributed by atoms with Crippen molar-refractivity contribution in [2.45, 2.75) is 72.9 Å². The van der Waals surface area contributed by atoms with Crippen LogP contribution in [0.25, 0.3) is 32.5 Å². The Bertz CT molecular complexity index is 3030. The van der Waals surface area contributed by atoms with Crippen molar-refractivity contribution >= 4 is 63.1 Å². The molecule has 0 spiro atoms. The van der Waals surface area contributed by atoms with Gasteiger partial charge in [0.1, 0.15) is 61.4 Å². The number of aliphatic hydroxyl groups is 1. The van der Waals surface area contributed by atoms with Crippen molar-refractivity contribution in [3.63, 3.8) is 0 Å². The van der Waals surface area contributed by atoms with Gasteiger partial charge in [-0.05, 0) is 94.8 Å². The van der Waals surface area contributed by atoms with Gasteiger partial charge < -0.3 is 44.9 Å². The minimum absolute atomic E-state index is 0. The second-order valence-corrected chi connectivity index (χ2v) is 19.9. The summed E-state index contributed by atoms with van der Waals surface area (Å²) in [6, 6.07) is 31.1. The molecule has 3 unspecified atom stereocenters. The Kier molecular flexibility index (Phi) is 18.7. The fourth-order valence-electron chi connectivity index (χ4n) is 8.29. The van der Waals surface area contributed by atoms with Crippen molar-refractivity contribution in [2.75, 3.05) is 44.9 Å². The molecule has 0 aliphatic carbocycles. The molecule has 0 bridgehead atoms. The average Bonchev–Trinajstić information content (AvgIpc) is 4.00. The molecule has 1 aliphatic heterocycles. The molecule has 15 nitrogen and oxygen atoms in total. The molecule has 3 atom stereocenters. The maximum atomic E-state index is 14.0. The molecule has 4 N–H and O–H groups in total. The number of β-amino-alcohol motifs (C(OH)–C–C–N with tert-alkyl or cyclic N) is 1. The largest absolute Gasteiger partial charge is 0.491 e. The van der Waals surface area contributed by atoms with Crippen LogP contribution in [0.3, 0.4) is 0 Å². The molecule has 5 aromatic carbocycles.